The molecule has 1 aromatic rings. The molecule has 2 aliphatic carbocycles. The molecule has 0 aromatic heterocycles. The number of hydrogen-bond acceptors (Lipinski definition) is 5. The van der Waals surface area contributed by atoms with Crippen molar-refractivity contribution in [3.05, 3.63) is 28.8 Å². The van der Waals surface area contributed by atoms with Gasteiger partial charge in [0.15, 0.2) is 0 Å². The number of halogens is 1. The summed E-state index contributed by atoms with van der Waals surface area (Å²) in [5.74, 6) is 1.00. The number of benzene rings is 1. The molecular formula is C26H35ClN2O3. The standard InChI is InChI=1S/C26H35ClN2O3/c1-17-4-5-18(27)12-21(17)29-10-8-28(9-11-29)15-20-19-13-23-25(2,14-22(19)32-24(20)30)6-3-7-26(23)16-31-26/h4-5,12,19-20,22-23H,3,6-11,13-16H2,1-2H3/t19-,20?,22-,23-,25-,26?/m1/s1. The van der Waals surface area contributed by atoms with Crippen molar-refractivity contribution in [2.24, 2.45) is 23.2 Å². The Kier molecular flexibility index (Phi) is 5.05. The predicted molar refractivity (Wildman–Crippen MR) is 125 cm³/mol. The monoisotopic (exact) mass is 458 g/mol. The summed E-state index contributed by atoms with van der Waals surface area (Å²) in [5, 5.41) is 0.789. The van der Waals surface area contributed by atoms with Gasteiger partial charge in [0.25, 0.3) is 0 Å². The lowest BCUT2D eigenvalue weighted by molar-refractivity contribution is -0.147. The highest BCUT2D eigenvalue weighted by molar-refractivity contribution is 6.30. The van der Waals surface area contributed by atoms with E-state index < -0.39 is 0 Å². The number of ether oxygens (including phenoxy) is 2. The fourth-order valence-electron chi connectivity index (χ4n) is 7.54. The molecule has 3 aliphatic heterocycles. The molecule has 0 bridgehead atoms. The maximum Gasteiger partial charge on any atom is 0.310 e. The van der Waals surface area contributed by atoms with Crippen molar-refractivity contribution in [2.75, 3.05) is 44.2 Å². The van der Waals surface area contributed by atoms with E-state index in [-0.39, 0.29) is 29.0 Å². The van der Waals surface area contributed by atoms with Crippen molar-refractivity contribution in [1.82, 2.24) is 4.90 Å². The summed E-state index contributed by atoms with van der Waals surface area (Å²) in [4.78, 5) is 17.9. The van der Waals surface area contributed by atoms with Crippen molar-refractivity contribution in [3.8, 4) is 0 Å². The van der Waals surface area contributed by atoms with Gasteiger partial charge in [-0.15, -0.1) is 0 Å². The van der Waals surface area contributed by atoms with Crippen LogP contribution in [0.3, 0.4) is 0 Å². The van der Waals surface area contributed by atoms with Crippen molar-refractivity contribution in [2.45, 2.75) is 57.7 Å². The number of nitrogens with zero attached hydrogens (tertiary/aromatic N) is 2. The molecule has 2 saturated carbocycles. The molecule has 0 N–H and O–H groups in total. The Hall–Kier alpha value is -1.30. The number of piperazine rings is 1. The van der Waals surface area contributed by atoms with Gasteiger partial charge >= 0.3 is 5.97 Å². The third kappa shape index (κ3) is 3.47. The van der Waals surface area contributed by atoms with Crippen LogP contribution >= 0.6 is 11.6 Å². The third-order valence-corrected chi connectivity index (χ3v) is 9.65. The van der Waals surface area contributed by atoms with Crippen LogP contribution in [0.4, 0.5) is 5.69 Å². The van der Waals surface area contributed by atoms with E-state index in [0.29, 0.717) is 11.8 Å². The lowest BCUT2D eigenvalue weighted by Gasteiger charge is -2.51. The van der Waals surface area contributed by atoms with E-state index in [0.717, 1.165) is 57.2 Å². The smallest absolute Gasteiger partial charge is 0.310 e. The predicted octanol–water partition coefficient (Wildman–Crippen LogP) is 4.30. The average Bonchev–Trinajstić information content (AvgIpc) is 3.47. The molecule has 5 fully saturated rings. The third-order valence-electron chi connectivity index (χ3n) is 9.42. The summed E-state index contributed by atoms with van der Waals surface area (Å²) in [5.41, 5.74) is 2.88. The summed E-state index contributed by atoms with van der Waals surface area (Å²) < 4.78 is 12.1. The summed E-state index contributed by atoms with van der Waals surface area (Å²) in [6.07, 6.45) is 5.93. The number of anilines is 1. The molecule has 174 valence electrons. The van der Waals surface area contributed by atoms with Crippen LogP contribution in [0.15, 0.2) is 18.2 Å². The van der Waals surface area contributed by atoms with Gasteiger partial charge in [-0.1, -0.05) is 24.6 Å². The van der Waals surface area contributed by atoms with Gasteiger partial charge in [-0.25, -0.2) is 0 Å². The minimum absolute atomic E-state index is 0.0155. The number of fused-ring (bicyclic) bond motifs is 3. The number of hydrogen-bond donors (Lipinski definition) is 0. The fourth-order valence-corrected chi connectivity index (χ4v) is 7.70. The number of carbonyl (C=O) groups is 1. The van der Waals surface area contributed by atoms with E-state index in [9.17, 15) is 4.79 Å². The zero-order chi connectivity index (χ0) is 22.1. The molecule has 0 radical (unpaired) electrons. The number of epoxide rings is 1. The lowest BCUT2D eigenvalue weighted by atomic mass is 9.53. The van der Waals surface area contributed by atoms with Crippen molar-refractivity contribution in [3.63, 3.8) is 0 Å². The zero-order valence-electron chi connectivity index (χ0n) is 19.3. The SMILES string of the molecule is Cc1ccc(Cl)cc1N1CCN(CC2C(=O)O[C@@H]3C[C@@]4(C)CCCC5(CO5)[C@@H]4C[C@H]23)CC1. The highest BCUT2D eigenvalue weighted by Gasteiger charge is 2.65. The molecule has 5 nitrogen and oxygen atoms in total. The van der Waals surface area contributed by atoms with Crippen LogP contribution in [0, 0.1) is 30.1 Å². The molecule has 6 rings (SSSR count). The molecule has 2 unspecified atom stereocenters. The second-order valence-corrected chi connectivity index (χ2v) is 11.8. The van der Waals surface area contributed by atoms with E-state index in [4.69, 9.17) is 21.1 Å². The first-order chi connectivity index (χ1) is 15.4. The Morgan fingerprint density at radius 3 is 2.72 bits per heavy atom. The molecule has 0 amide bonds. The number of carbonyl (C=O) groups excluding carboxylic acids is 1. The van der Waals surface area contributed by atoms with Crippen molar-refractivity contribution in [1.29, 1.82) is 0 Å². The number of rotatable bonds is 3. The largest absolute Gasteiger partial charge is 0.462 e. The molecular weight excluding hydrogens is 424 g/mol. The van der Waals surface area contributed by atoms with E-state index in [2.05, 4.69) is 35.8 Å². The Balaban J connectivity index is 1.12. The van der Waals surface area contributed by atoms with E-state index in [1.54, 1.807) is 0 Å². The fraction of sp³-hybridized carbons (Fsp3) is 0.731. The maximum atomic E-state index is 13.0. The highest BCUT2D eigenvalue weighted by atomic mass is 35.5. The van der Waals surface area contributed by atoms with Crippen LogP contribution in [0.2, 0.25) is 5.02 Å². The Bertz CT molecular complexity index is 910. The second-order valence-electron chi connectivity index (χ2n) is 11.3. The first-order valence-corrected chi connectivity index (χ1v) is 12.8. The second kappa shape index (κ2) is 7.61. The van der Waals surface area contributed by atoms with Crippen LogP contribution < -0.4 is 4.90 Å². The van der Waals surface area contributed by atoms with Gasteiger partial charge in [0.05, 0.1) is 18.1 Å². The maximum absolute atomic E-state index is 13.0. The zero-order valence-corrected chi connectivity index (χ0v) is 20.1. The Labute approximate surface area is 196 Å². The first kappa shape index (κ1) is 21.2. The van der Waals surface area contributed by atoms with Crippen LogP contribution in [0.5, 0.6) is 0 Å². The van der Waals surface area contributed by atoms with Gasteiger partial charge in [0.2, 0.25) is 0 Å². The molecule has 3 saturated heterocycles. The van der Waals surface area contributed by atoms with Gasteiger partial charge in [-0.2, -0.15) is 0 Å². The van der Waals surface area contributed by atoms with E-state index in [1.165, 1.54) is 30.5 Å². The molecule has 32 heavy (non-hydrogen) atoms. The molecule has 5 aliphatic rings. The Morgan fingerprint density at radius 1 is 1.19 bits per heavy atom. The van der Waals surface area contributed by atoms with Gasteiger partial charge in [0.1, 0.15) is 6.10 Å². The van der Waals surface area contributed by atoms with Crippen LogP contribution in [0.1, 0.15) is 44.6 Å². The van der Waals surface area contributed by atoms with Crippen LogP contribution in [-0.2, 0) is 14.3 Å². The van der Waals surface area contributed by atoms with Gasteiger partial charge < -0.3 is 14.4 Å². The number of esters is 1. The van der Waals surface area contributed by atoms with Crippen molar-refractivity contribution < 1.29 is 14.3 Å². The molecule has 3 heterocycles. The molecule has 1 aromatic carbocycles. The number of aryl methyl sites for hydroxylation is 1. The van der Waals surface area contributed by atoms with E-state index >= 15 is 0 Å². The topological polar surface area (TPSA) is 45.3 Å². The van der Waals surface area contributed by atoms with Gasteiger partial charge in [-0.05, 0) is 68.1 Å². The molecule has 6 heteroatoms. The highest BCUT2D eigenvalue weighted by Crippen LogP contribution is 2.62. The summed E-state index contributed by atoms with van der Waals surface area (Å²) in [7, 11) is 0. The average molecular weight is 459 g/mol. The quantitative estimate of drug-likeness (QED) is 0.499. The normalized spacial score (nSPS) is 41.3. The summed E-state index contributed by atoms with van der Waals surface area (Å²) in [6.45, 7) is 10.2. The lowest BCUT2D eigenvalue weighted by Crippen LogP contribution is -2.52. The minimum atomic E-state index is 0.0155. The van der Waals surface area contributed by atoms with Gasteiger partial charge in [0, 0.05) is 49.4 Å². The van der Waals surface area contributed by atoms with Crippen LogP contribution in [-0.4, -0.2) is 61.9 Å². The summed E-state index contributed by atoms with van der Waals surface area (Å²) >= 11 is 6.24. The minimum Gasteiger partial charge on any atom is -0.462 e. The van der Waals surface area contributed by atoms with Gasteiger partial charge in [-0.3, -0.25) is 9.69 Å². The molecule has 1 spiro atoms. The van der Waals surface area contributed by atoms with Crippen LogP contribution in [0.25, 0.3) is 0 Å². The van der Waals surface area contributed by atoms with E-state index in [1.807, 2.05) is 6.07 Å². The first-order valence-electron chi connectivity index (χ1n) is 12.4. The summed E-state index contributed by atoms with van der Waals surface area (Å²) in [6, 6.07) is 6.12. The van der Waals surface area contributed by atoms with Crippen molar-refractivity contribution >= 4 is 23.3 Å². The Morgan fingerprint density at radius 2 is 1.97 bits per heavy atom. The molecule has 6 atom stereocenters.